The second-order valence-electron chi connectivity index (χ2n) is 7.95. The number of halogens is 2. The van der Waals surface area contributed by atoms with Crippen molar-refractivity contribution in [2.45, 2.75) is 39.7 Å². The van der Waals surface area contributed by atoms with E-state index in [-0.39, 0.29) is 24.1 Å². The van der Waals surface area contributed by atoms with Crippen LogP contribution in [0.5, 0.6) is 11.5 Å². The Balaban J connectivity index is 1.89. The molecule has 1 amide bonds. The van der Waals surface area contributed by atoms with Crippen LogP contribution in [0.15, 0.2) is 36.4 Å². The molecule has 0 saturated carbocycles. The average Bonchev–Trinajstić information content (AvgIpc) is 3.12. The van der Waals surface area contributed by atoms with E-state index in [0.29, 0.717) is 35.7 Å². The van der Waals surface area contributed by atoms with Crippen LogP contribution in [0.1, 0.15) is 54.6 Å². The van der Waals surface area contributed by atoms with E-state index in [1.54, 1.807) is 13.8 Å². The highest BCUT2D eigenvalue weighted by molar-refractivity contribution is 6.17. The molecule has 8 heteroatoms. The fourth-order valence-corrected chi connectivity index (χ4v) is 4.55. The molecular weight excluding hydrogens is 444 g/mol. The monoisotopic (exact) mass is 469 g/mol. The van der Waals surface area contributed by atoms with E-state index in [1.165, 1.54) is 0 Å². The lowest BCUT2D eigenvalue weighted by Gasteiger charge is -2.20. The third-order valence-corrected chi connectivity index (χ3v) is 5.99. The Bertz CT molecular complexity index is 1270. The van der Waals surface area contributed by atoms with Gasteiger partial charge in [0.25, 0.3) is 5.91 Å². The lowest BCUT2D eigenvalue weighted by atomic mass is 9.96. The maximum atomic E-state index is 15.2. The zero-order valence-electron chi connectivity index (χ0n) is 19.2. The molecule has 3 aromatic rings. The minimum atomic E-state index is -1.17. The van der Waals surface area contributed by atoms with Gasteiger partial charge in [-0.25, -0.2) is 8.78 Å². The van der Waals surface area contributed by atoms with Crippen LogP contribution in [-0.2, 0) is 11.3 Å². The Kier molecular flexibility index (Phi) is 6.41. The molecule has 0 fully saturated rings. The molecular formula is C26H25F2NO5. The first-order chi connectivity index (χ1) is 16.3. The summed E-state index contributed by atoms with van der Waals surface area (Å²) in [6.45, 7) is 5.75. The number of benzene rings is 3. The molecule has 1 aliphatic rings. The molecule has 0 bridgehead atoms. The molecule has 178 valence electrons. The molecule has 34 heavy (non-hydrogen) atoms. The average molecular weight is 469 g/mol. The van der Waals surface area contributed by atoms with Crippen molar-refractivity contribution in [3.63, 3.8) is 0 Å². The van der Waals surface area contributed by atoms with Gasteiger partial charge < -0.3 is 14.6 Å². The van der Waals surface area contributed by atoms with Crippen molar-refractivity contribution in [3.8, 4) is 11.5 Å². The minimum Gasteiger partial charge on any atom is -0.493 e. The molecule has 3 aromatic carbocycles. The SMILES string of the molecule is CCOc1c2c(c(OCC)c3ccccc13)C(=O)N(c1c(F)cc(C(CC)C(=O)O)cc1F)C2. The molecule has 0 saturated heterocycles. The number of anilines is 1. The Labute approximate surface area is 195 Å². The lowest BCUT2D eigenvalue weighted by Crippen LogP contribution is -2.26. The van der Waals surface area contributed by atoms with Gasteiger partial charge in [0.15, 0.2) is 0 Å². The molecule has 0 radical (unpaired) electrons. The fourth-order valence-electron chi connectivity index (χ4n) is 4.55. The van der Waals surface area contributed by atoms with E-state index in [2.05, 4.69) is 0 Å². The summed E-state index contributed by atoms with van der Waals surface area (Å²) < 4.78 is 42.2. The standard InChI is InChI=1S/C26H25F2NO5/c1-4-15(26(31)32)14-11-19(27)22(20(28)12-14)29-13-18-21(25(29)30)24(34-6-3)17-10-8-7-9-16(17)23(18)33-5-2/h7-12,15H,4-6,13H2,1-3H3,(H,31,32). The number of carboxylic acid groups (broad SMARTS) is 1. The van der Waals surface area contributed by atoms with Gasteiger partial charge in [0.05, 0.1) is 31.2 Å². The van der Waals surface area contributed by atoms with Gasteiger partial charge in [-0.1, -0.05) is 31.2 Å². The second-order valence-corrected chi connectivity index (χ2v) is 7.95. The van der Waals surface area contributed by atoms with Crippen LogP contribution in [0.3, 0.4) is 0 Å². The summed E-state index contributed by atoms with van der Waals surface area (Å²) in [4.78, 5) is 26.0. The molecule has 4 rings (SSSR count). The van der Waals surface area contributed by atoms with Gasteiger partial charge in [-0.3, -0.25) is 14.5 Å². The number of rotatable bonds is 8. The molecule has 6 nitrogen and oxygen atoms in total. The van der Waals surface area contributed by atoms with E-state index in [0.717, 1.165) is 22.4 Å². The third kappa shape index (κ3) is 3.73. The maximum Gasteiger partial charge on any atom is 0.310 e. The molecule has 1 heterocycles. The van der Waals surface area contributed by atoms with Crippen molar-refractivity contribution in [1.29, 1.82) is 0 Å². The number of ether oxygens (including phenoxy) is 2. The molecule has 1 aliphatic heterocycles. The number of nitrogens with zero attached hydrogens (tertiary/aromatic N) is 1. The van der Waals surface area contributed by atoms with E-state index in [9.17, 15) is 14.7 Å². The first-order valence-corrected chi connectivity index (χ1v) is 11.2. The zero-order valence-corrected chi connectivity index (χ0v) is 19.2. The van der Waals surface area contributed by atoms with Gasteiger partial charge in [0.1, 0.15) is 28.8 Å². The van der Waals surface area contributed by atoms with Crippen LogP contribution < -0.4 is 14.4 Å². The van der Waals surface area contributed by atoms with Crippen LogP contribution in [-0.4, -0.2) is 30.2 Å². The van der Waals surface area contributed by atoms with Crippen LogP contribution >= 0.6 is 0 Å². The highest BCUT2D eigenvalue weighted by Gasteiger charge is 2.39. The molecule has 1 unspecified atom stereocenters. The summed E-state index contributed by atoms with van der Waals surface area (Å²) in [6, 6.07) is 9.29. The van der Waals surface area contributed by atoms with Gasteiger partial charge in [-0.05, 0) is 38.0 Å². The Morgan fingerprint density at radius 2 is 1.59 bits per heavy atom. The number of aliphatic carboxylic acids is 1. The second kappa shape index (κ2) is 9.29. The molecule has 0 aliphatic carbocycles. The minimum absolute atomic E-state index is 0.00802. The first-order valence-electron chi connectivity index (χ1n) is 11.2. The number of hydrogen-bond acceptors (Lipinski definition) is 4. The Morgan fingerprint density at radius 1 is 1.03 bits per heavy atom. The van der Waals surface area contributed by atoms with Crippen molar-refractivity contribution < 1.29 is 33.0 Å². The molecule has 0 spiro atoms. The summed E-state index contributed by atoms with van der Waals surface area (Å²) >= 11 is 0. The van der Waals surface area contributed by atoms with Crippen LogP contribution in [0.4, 0.5) is 14.5 Å². The molecule has 1 atom stereocenters. The van der Waals surface area contributed by atoms with Gasteiger partial charge in [-0.15, -0.1) is 0 Å². The van der Waals surface area contributed by atoms with Crippen LogP contribution in [0.2, 0.25) is 0 Å². The van der Waals surface area contributed by atoms with E-state index in [4.69, 9.17) is 9.47 Å². The van der Waals surface area contributed by atoms with Gasteiger partial charge >= 0.3 is 5.97 Å². The highest BCUT2D eigenvalue weighted by Crippen LogP contribution is 2.47. The maximum absolute atomic E-state index is 15.2. The smallest absolute Gasteiger partial charge is 0.310 e. The fraction of sp³-hybridized carbons (Fsp3) is 0.308. The summed E-state index contributed by atoms with van der Waals surface area (Å²) in [7, 11) is 0. The topological polar surface area (TPSA) is 76.1 Å². The number of fused-ring (bicyclic) bond motifs is 2. The van der Waals surface area contributed by atoms with Gasteiger partial charge in [0.2, 0.25) is 0 Å². The number of carboxylic acids is 1. The predicted octanol–water partition coefficient (Wildman–Crippen LogP) is 5.65. The normalized spacial score (nSPS) is 13.8. The predicted molar refractivity (Wildman–Crippen MR) is 124 cm³/mol. The van der Waals surface area contributed by atoms with Gasteiger partial charge in [-0.2, -0.15) is 0 Å². The van der Waals surface area contributed by atoms with E-state index in [1.807, 2.05) is 31.2 Å². The lowest BCUT2D eigenvalue weighted by molar-refractivity contribution is -0.138. The molecule has 0 aromatic heterocycles. The van der Waals surface area contributed by atoms with Crippen LogP contribution in [0, 0.1) is 11.6 Å². The van der Waals surface area contributed by atoms with Crippen molar-refractivity contribution in [2.24, 2.45) is 0 Å². The summed E-state index contributed by atoms with van der Waals surface area (Å²) in [5.74, 6) is -4.02. The summed E-state index contributed by atoms with van der Waals surface area (Å²) in [5, 5.41) is 10.8. The highest BCUT2D eigenvalue weighted by atomic mass is 19.1. The largest absolute Gasteiger partial charge is 0.493 e. The van der Waals surface area contributed by atoms with Crippen molar-refractivity contribution >= 4 is 28.3 Å². The number of carbonyl (C=O) groups is 2. The number of amides is 1. The summed E-state index contributed by atoms with van der Waals surface area (Å²) in [6.07, 6.45) is 0.170. The molecule has 1 N–H and O–H groups in total. The Hall–Kier alpha value is -3.68. The number of carbonyl (C=O) groups excluding carboxylic acids is 1. The third-order valence-electron chi connectivity index (χ3n) is 5.99. The van der Waals surface area contributed by atoms with Crippen molar-refractivity contribution in [1.82, 2.24) is 0 Å². The van der Waals surface area contributed by atoms with E-state index >= 15 is 8.78 Å². The number of hydrogen-bond donors (Lipinski definition) is 1. The quantitative estimate of drug-likeness (QED) is 0.461. The Morgan fingerprint density at radius 3 is 2.12 bits per heavy atom. The van der Waals surface area contributed by atoms with Crippen molar-refractivity contribution in [3.05, 3.63) is 64.7 Å². The van der Waals surface area contributed by atoms with Crippen molar-refractivity contribution in [2.75, 3.05) is 18.1 Å². The first kappa shape index (κ1) is 23.5. The van der Waals surface area contributed by atoms with Crippen LogP contribution in [0.25, 0.3) is 10.8 Å². The zero-order chi connectivity index (χ0) is 24.6. The summed E-state index contributed by atoms with van der Waals surface area (Å²) in [5.41, 5.74) is 0.186. The van der Waals surface area contributed by atoms with Gasteiger partial charge in [0, 0.05) is 16.3 Å². The van der Waals surface area contributed by atoms with E-state index < -0.39 is 35.1 Å².